The standard InChI is InChI=1S/C14H26N4/c1-10-7-13(10)17-14(15-2)16-8-11-5-6-18(9-11)12-3-4-12/h10-13H,3-9H2,1-2H3,(H2,15,16,17). The van der Waals surface area contributed by atoms with E-state index in [1.807, 2.05) is 7.05 Å². The smallest absolute Gasteiger partial charge is 0.191 e. The fourth-order valence-corrected chi connectivity index (χ4v) is 2.93. The topological polar surface area (TPSA) is 39.7 Å². The lowest BCUT2D eigenvalue weighted by Crippen LogP contribution is -2.41. The van der Waals surface area contributed by atoms with Crippen molar-refractivity contribution in [2.45, 2.75) is 44.7 Å². The van der Waals surface area contributed by atoms with Crippen LogP contribution in [0.25, 0.3) is 0 Å². The van der Waals surface area contributed by atoms with Crippen molar-refractivity contribution < 1.29 is 0 Å². The van der Waals surface area contributed by atoms with Crippen LogP contribution in [0.5, 0.6) is 0 Å². The van der Waals surface area contributed by atoms with Crippen molar-refractivity contribution in [3.63, 3.8) is 0 Å². The first-order valence-electron chi connectivity index (χ1n) is 7.47. The van der Waals surface area contributed by atoms with Crippen LogP contribution in [-0.4, -0.2) is 49.6 Å². The normalized spacial score (nSPS) is 36.8. The monoisotopic (exact) mass is 250 g/mol. The summed E-state index contributed by atoms with van der Waals surface area (Å²) in [6.45, 7) is 5.95. The fraction of sp³-hybridized carbons (Fsp3) is 0.929. The van der Waals surface area contributed by atoms with Crippen LogP contribution < -0.4 is 10.6 Å². The highest BCUT2D eigenvalue weighted by Gasteiger charge is 2.35. The first-order chi connectivity index (χ1) is 8.76. The molecule has 0 aromatic heterocycles. The number of hydrogen-bond donors (Lipinski definition) is 2. The molecule has 4 nitrogen and oxygen atoms in total. The highest BCUT2D eigenvalue weighted by Crippen LogP contribution is 2.31. The van der Waals surface area contributed by atoms with Crippen LogP contribution >= 0.6 is 0 Å². The van der Waals surface area contributed by atoms with Crippen molar-refractivity contribution in [1.29, 1.82) is 0 Å². The van der Waals surface area contributed by atoms with Crippen LogP contribution in [0, 0.1) is 11.8 Å². The van der Waals surface area contributed by atoms with E-state index in [2.05, 4.69) is 27.4 Å². The SMILES string of the molecule is CN=C(NCC1CCN(C2CC2)C1)NC1CC1C. The third-order valence-corrected chi connectivity index (χ3v) is 4.59. The van der Waals surface area contributed by atoms with Crippen LogP contribution in [0.4, 0.5) is 0 Å². The molecule has 0 radical (unpaired) electrons. The molecule has 0 amide bonds. The quantitative estimate of drug-likeness (QED) is 0.578. The van der Waals surface area contributed by atoms with Gasteiger partial charge < -0.3 is 15.5 Å². The van der Waals surface area contributed by atoms with E-state index < -0.39 is 0 Å². The van der Waals surface area contributed by atoms with Crippen molar-refractivity contribution in [2.75, 3.05) is 26.7 Å². The molecule has 0 bridgehead atoms. The number of rotatable bonds is 4. The zero-order valence-corrected chi connectivity index (χ0v) is 11.7. The molecular formula is C14H26N4. The maximum absolute atomic E-state index is 4.31. The average molecular weight is 250 g/mol. The third kappa shape index (κ3) is 2.97. The van der Waals surface area contributed by atoms with Gasteiger partial charge in [0.2, 0.25) is 0 Å². The zero-order valence-electron chi connectivity index (χ0n) is 11.7. The molecule has 3 fully saturated rings. The third-order valence-electron chi connectivity index (χ3n) is 4.59. The average Bonchev–Trinajstić information content (AvgIpc) is 3.28. The molecular weight excluding hydrogens is 224 g/mol. The second-order valence-electron chi connectivity index (χ2n) is 6.30. The largest absolute Gasteiger partial charge is 0.356 e. The zero-order chi connectivity index (χ0) is 12.5. The van der Waals surface area contributed by atoms with Gasteiger partial charge in [-0.3, -0.25) is 4.99 Å². The number of nitrogens with zero attached hydrogens (tertiary/aromatic N) is 2. The molecule has 2 N–H and O–H groups in total. The number of nitrogens with one attached hydrogen (secondary N) is 2. The highest BCUT2D eigenvalue weighted by molar-refractivity contribution is 5.80. The van der Waals surface area contributed by atoms with Crippen molar-refractivity contribution in [3.8, 4) is 0 Å². The van der Waals surface area contributed by atoms with Crippen molar-refractivity contribution >= 4 is 5.96 Å². The van der Waals surface area contributed by atoms with Gasteiger partial charge in [0, 0.05) is 32.2 Å². The maximum atomic E-state index is 4.31. The van der Waals surface area contributed by atoms with Crippen LogP contribution in [0.15, 0.2) is 4.99 Å². The maximum Gasteiger partial charge on any atom is 0.191 e. The van der Waals surface area contributed by atoms with E-state index in [4.69, 9.17) is 0 Å². The lowest BCUT2D eigenvalue weighted by molar-refractivity contribution is 0.314. The van der Waals surface area contributed by atoms with Gasteiger partial charge in [-0.05, 0) is 44.1 Å². The first-order valence-corrected chi connectivity index (χ1v) is 7.47. The molecule has 18 heavy (non-hydrogen) atoms. The van der Waals surface area contributed by atoms with Gasteiger partial charge in [0.1, 0.15) is 0 Å². The van der Waals surface area contributed by atoms with E-state index in [9.17, 15) is 0 Å². The molecule has 3 aliphatic rings. The van der Waals surface area contributed by atoms with Crippen LogP contribution in [-0.2, 0) is 0 Å². The Morgan fingerprint density at radius 3 is 2.72 bits per heavy atom. The molecule has 4 heteroatoms. The molecule has 102 valence electrons. The van der Waals surface area contributed by atoms with Gasteiger partial charge >= 0.3 is 0 Å². The molecule has 3 atom stereocenters. The molecule has 2 saturated carbocycles. The summed E-state index contributed by atoms with van der Waals surface area (Å²) in [4.78, 5) is 6.98. The minimum Gasteiger partial charge on any atom is -0.356 e. The Morgan fingerprint density at radius 2 is 2.11 bits per heavy atom. The second-order valence-corrected chi connectivity index (χ2v) is 6.30. The van der Waals surface area contributed by atoms with E-state index in [1.54, 1.807) is 0 Å². The summed E-state index contributed by atoms with van der Waals surface area (Å²) in [5, 5.41) is 6.98. The summed E-state index contributed by atoms with van der Waals surface area (Å²) in [5.41, 5.74) is 0. The van der Waals surface area contributed by atoms with Gasteiger partial charge in [-0.1, -0.05) is 6.92 Å². The number of aliphatic imine (C=N–C) groups is 1. The van der Waals surface area contributed by atoms with E-state index in [-0.39, 0.29) is 0 Å². The molecule has 1 heterocycles. The summed E-state index contributed by atoms with van der Waals surface area (Å²) in [5.74, 6) is 2.62. The van der Waals surface area contributed by atoms with Gasteiger partial charge in [0.15, 0.2) is 5.96 Å². The van der Waals surface area contributed by atoms with Crippen LogP contribution in [0.3, 0.4) is 0 Å². The second kappa shape index (κ2) is 5.08. The molecule has 0 aromatic rings. The minimum atomic E-state index is 0.655. The molecule has 0 spiro atoms. The Balaban J connectivity index is 1.37. The number of hydrogen-bond acceptors (Lipinski definition) is 2. The fourth-order valence-electron chi connectivity index (χ4n) is 2.93. The Bertz CT molecular complexity index is 324. The van der Waals surface area contributed by atoms with Gasteiger partial charge in [-0.2, -0.15) is 0 Å². The Kier molecular flexibility index (Phi) is 3.46. The van der Waals surface area contributed by atoms with Gasteiger partial charge in [-0.25, -0.2) is 0 Å². The van der Waals surface area contributed by atoms with Gasteiger partial charge in [0.25, 0.3) is 0 Å². The summed E-state index contributed by atoms with van der Waals surface area (Å²) in [7, 11) is 1.87. The summed E-state index contributed by atoms with van der Waals surface area (Å²) >= 11 is 0. The van der Waals surface area contributed by atoms with Crippen molar-refractivity contribution in [1.82, 2.24) is 15.5 Å². The predicted molar refractivity (Wildman–Crippen MR) is 74.8 cm³/mol. The van der Waals surface area contributed by atoms with E-state index in [1.165, 1.54) is 38.8 Å². The van der Waals surface area contributed by atoms with Crippen molar-refractivity contribution in [3.05, 3.63) is 0 Å². The predicted octanol–water partition coefficient (Wildman–Crippen LogP) is 1.04. The first kappa shape index (κ1) is 12.3. The minimum absolute atomic E-state index is 0.655. The van der Waals surface area contributed by atoms with Gasteiger partial charge in [0.05, 0.1) is 0 Å². The summed E-state index contributed by atoms with van der Waals surface area (Å²) in [6, 6.07) is 1.59. The molecule has 3 rings (SSSR count). The molecule has 0 aromatic carbocycles. The van der Waals surface area contributed by atoms with E-state index >= 15 is 0 Å². The van der Waals surface area contributed by atoms with Crippen LogP contribution in [0.1, 0.15) is 32.6 Å². The van der Waals surface area contributed by atoms with E-state index in [0.29, 0.717) is 6.04 Å². The molecule has 3 unspecified atom stereocenters. The summed E-state index contributed by atoms with van der Waals surface area (Å²) < 4.78 is 0. The molecule has 2 aliphatic carbocycles. The Hall–Kier alpha value is -0.770. The van der Waals surface area contributed by atoms with E-state index in [0.717, 1.165) is 30.4 Å². The number of likely N-dealkylation sites (tertiary alicyclic amines) is 1. The molecule has 1 aliphatic heterocycles. The lowest BCUT2D eigenvalue weighted by atomic mass is 10.1. The Labute approximate surface area is 110 Å². The Morgan fingerprint density at radius 1 is 1.33 bits per heavy atom. The number of guanidine groups is 1. The van der Waals surface area contributed by atoms with Crippen LogP contribution in [0.2, 0.25) is 0 Å². The lowest BCUT2D eigenvalue weighted by Gasteiger charge is -2.17. The highest BCUT2D eigenvalue weighted by atomic mass is 15.2. The van der Waals surface area contributed by atoms with Gasteiger partial charge in [-0.15, -0.1) is 0 Å². The van der Waals surface area contributed by atoms with Crippen molar-refractivity contribution in [2.24, 2.45) is 16.8 Å². The molecule has 1 saturated heterocycles. The summed E-state index contributed by atoms with van der Waals surface area (Å²) in [6.07, 6.45) is 5.51.